The van der Waals surface area contributed by atoms with Crippen molar-refractivity contribution in [2.24, 2.45) is 11.5 Å². The highest BCUT2D eigenvalue weighted by Gasteiger charge is 2.20. The van der Waals surface area contributed by atoms with E-state index >= 15 is 0 Å². The van der Waals surface area contributed by atoms with Crippen LogP contribution in [-0.2, 0) is 22.4 Å². The molecule has 0 radical (unpaired) electrons. The van der Waals surface area contributed by atoms with E-state index in [2.05, 4.69) is 5.32 Å². The molecule has 0 bridgehead atoms. The van der Waals surface area contributed by atoms with E-state index < -0.39 is 11.9 Å². The monoisotopic (exact) mass is 373 g/mol. The van der Waals surface area contributed by atoms with Gasteiger partial charge >= 0.3 is 0 Å². The average molecular weight is 374 g/mol. The number of rotatable bonds is 9. The molecule has 2 amide bonds. The smallest absolute Gasteiger partial charge is 0.240 e. The molecule has 2 aromatic rings. The van der Waals surface area contributed by atoms with E-state index in [1.807, 2.05) is 30.3 Å². The van der Waals surface area contributed by atoms with Crippen LogP contribution in [0.4, 0.5) is 0 Å². The zero-order chi connectivity index (χ0) is 18.9. The van der Waals surface area contributed by atoms with Crippen molar-refractivity contribution in [3.63, 3.8) is 0 Å². The summed E-state index contributed by atoms with van der Waals surface area (Å²) in [4.78, 5) is 23.9. The van der Waals surface area contributed by atoms with Crippen molar-refractivity contribution in [3.8, 4) is 0 Å². The fourth-order valence-corrected chi connectivity index (χ4v) is 2.80. The summed E-state index contributed by atoms with van der Waals surface area (Å²) in [6.45, 7) is 0. The Hall–Kier alpha value is -2.37. The van der Waals surface area contributed by atoms with Gasteiger partial charge in [-0.3, -0.25) is 9.59 Å². The van der Waals surface area contributed by atoms with E-state index in [-0.39, 0.29) is 18.4 Å². The largest absolute Gasteiger partial charge is 0.368 e. The standard InChI is InChI=1S/C20H24ClN3O2/c21-16-9-6-15(7-10-16)12-18(20(23)26)24-19(25)13-17(22)11-8-14-4-2-1-3-5-14/h1-7,9-10,17-18H,8,11-13,22H2,(H2,23,26)(H,24,25)/t17-,18?/m1/s1. The lowest BCUT2D eigenvalue weighted by Gasteiger charge is -2.17. The third-order valence-corrected chi connectivity index (χ3v) is 4.38. The van der Waals surface area contributed by atoms with Gasteiger partial charge in [0.05, 0.1) is 0 Å². The van der Waals surface area contributed by atoms with Crippen LogP contribution in [0.3, 0.4) is 0 Å². The van der Waals surface area contributed by atoms with Gasteiger partial charge in [-0.05, 0) is 36.1 Å². The van der Waals surface area contributed by atoms with Gasteiger partial charge in [0.2, 0.25) is 11.8 Å². The van der Waals surface area contributed by atoms with Crippen molar-refractivity contribution in [3.05, 3.63) is 70.7 Å². The van der Waals surface area contributed by atoms with Crippen LogP contribution in [0, 0.1) is 0 Å². The molecular weight excluding hydrogens is 350 g/mol. The number of hydrogen-bond donors (Lipinski definition) is 3. The summed E-state index contributed by atoms with van der Waals surface area (Å²) in [6.07, 6.45) is 1.96. The Labute approximate surface area is 158 Å². The van der Waals surface area contributed by atoms with Crippen molar-refractivity contribution in [1.82, 2.24) is 5.32 Å². The highest BCUT2D eigenvalue weighted by Crippen LogP contribution is 2.11. The van der Waals surface area contributed by atoms with Gasteiger partial charge in [-0.25, -0.2) is 0 Å². The summed E-state index contributed by atoms with van der Waals surface area (Å²) >= 11 is 5.85. The van der Waals surface area contributed by atoms with Gasteiger partial charge < -0.3 is 16.8 Å². The third-order valence-electron chi connectivity index (χ3n) is 4.13. The molecule has 0 aliphatic heterocycles. The molecule has 5 nitrogen and oxygen atoms in total. The van der Waals surface area contributed by atoms with Crippen LogP contribution in [0.25, 0.3) is 0 Å². The molecule has 0 spiro atoms. The average Bonchev–Trinajstić information content (AvgIpc) is 2.62. The molecule has 0 saturated carbocycles. The molecule has 0 aliphatic rings. The molecule has 5 N–H and O–H groups in total. The molecule has 2 atom stereocenters. The maximum absolute atomic E-state index is 12.2. The molecule has 0 aromatic heterocycles. The first-order chi connectivity index (χ1) is 12.4. The zero-order valence-corrected chi connectivity index (χ0v) is 15.3. The van der Waals surface area contributed by atoms with Gasteiger partial charge in [0.1, 0.15) is 6.04 Å². The summed E-state index contributed by atoms with van der Waals surface area (Å²) in [5.74, 6) is -0.852. The second kappa shape index (κ2) is 9.94. The lowest BCUT2D eigenvalue weighted by Crippen LogP contribution is -2.47. The number of benzene rings is 2. The van der Waals surface area contributed by atoms with E-state index in [1.165, 1.54) is 5.56 Å². The fourth-order valence-electron chi connectivity index (χ4n) is 2.67. The topological polar surface area (TPSA) is 98.2 Å². The van der Waals surface area contributed by atoms with Gasteiger partial charge in [0.15, 0.2) is 0 Å². The van der Waals surface area contributed by atoms with Crippen LogP contribution < -0.4 is 16.8 Å². The number of amides is 2. The molecule has 0 aliphatic carbocycles. The first-order valence-electron chi connectivity index (χ1n) is 8.56. The van der Waals surface area contributed by atoms with Crippen molar-refractivity contribution < 1.29 is 9.59 Å². The molecule has 2 aromatic carbocycles. The number of nitrogens with one attached hydrogen (secondary N) is 1. The minimum atomic E-state index is -0.773. The molecule has 138 valence electrons. The Morgan fingerprint density at radius 3 is 2.27 bits per heavy atom. The highest BCUT2D eigenvalue weighted by atomic mass is 35.5. The van der Waals surface area contributed by atoms with Crippen LogP contribution in [0.5, 0.6) is 0 Å². The normalized spacial score (nSPS) is 13.0. The van der Waals surface area contributed by atoms with Gasteiger partial charge in [0.25, 0.3) is 0 Å². The molecule has 1 unspecified atom stereocenters. The number of carbonyl (C=O) groups excluding carboxylic acids is 2. The van der Waals surface area contributed by atoms with E-state index in [0.717, 1.165) is 12.0 Å². The Balaban J connectivity index is 1.82. The maximum atomic E-state index is 12.2. The predicted molar refractivity (Wildman–Crippen MR) is 104 cm³/mol. The van der Waals surface area contributed by atoms with Crippen molar-refractivity contribution >= 4 is 23.4 Å². The number of primary amides is 1. The van der Waals surface area contributed by atoms with Crippen LogP contribution in [-0.4, -0.2) is 23.9 Å². The van der Waals surface area contributed by atoms with Crippen LogP contribution in [0.15, 0.2) is 54.6 Å². The SMILES string of the molecule is NC(=O)C(Cc1ccc(Cl)cc1)NC(=O)C[C@H](N)CCc1ccccc1. The van der Waals surface area contributed by atoms with Crippen LogP contribution >= 0.6 is 11.6 Å². The van der Waals surface area contributed by atoms with E-state index in [0.29, 0.717) is 17.9 Å². The molecule has 26 heavy (non-hydrogen) atoms. The first kappa shape index (κ1) is 19.9. The second-order valence-electron chi connectivity index (χ2n) is 6.34. The van der Waals surface area contributed by atoms with Crippen LogP contribution in [0.1, 0.15) is 24.0 Å². The lowest BCUT2D eigenvalue weighted by atomic mass is 10.0. The van der Waals surface area contributed by atoms with Crippen molar-refractivity contribution in [2.75, 3.05) is 0 Å². The summed E-state index contributed by atoms with van der Waals surface area (Å²) < 4.78 is 0. The first-order valence-corrected chi connectivity index (χ1v) is 8.94. The molecule has 0 fully saturated rings. The summed E-state index contributed by atoms with van der Waals surface area (Å²) in [6, 6.07) is 16.0. The van der Waals surface area contributed by atoms with Gasteiger partial charge in [-0.15, -0.1) is 0 Å². The summed E-state index contributed by atoms with van der Waals surface area (Å²) in [5, 5.41) is 3.29. The number of carbonyl (C=O) groups is 2. The molecule has 6 heteroatoms. The van der Waals surface area contributed by atoms with E-state index in [1.54, 1.807) is 24.3 Å². The van der Waals surface area contributed by atoms with Crippen molar-refractivity contribution in [2.45, 2.75) is 37.8 Å². The number of nitrogens with two attached hydrogens (primary N) is 2. The number of aryl methyl sites for hydroxylation is 1. The van der Waals surface area contributed by atoms with Gasteiger partial charge in [-0.1, -0.05) is 54.1 Å². The zero-order valence-electron chi connectivity index (χ0n) is 14.5. The Morgan fingerprint density at radius 1 is 1.00 bits per heavy atom. The third kappa shape index (κ3) is 6.86. The maximum Gasteiger partial charge on any atom is 0.240 e. The minimum absolute atomic E-state index is 0.150. The fraction of sp³-hybridized carbons (Fsp3) is 0.300. The highest BCUT2D eigenvalue weighted by molar-refractivity contribution is 6.30. The molecule has 0 heterocycles. The van der Waals surface area contributed by atoms with E-state index in [9.17, 15) is 9.59 Å². The molecule has 2 rings (SSSR count). The molecular formula is C20H24ClN3O2. The van der Waals surface area contributed by atoms with Crippen molar-refractivity contribution in [1.29, 1.82) is 0 Å². The van der Waals surface area contributed by atoms with E-state index in [4.69, 9.17) is 23.1 Å². The van der Waals surface area contributed by atoms with Gasteiger partial charge in [0, 0.05) is 23.9 Å². The number of hydrogen-bond acceptors (Lipinski definition) is 3. The predicted octanol–water partition coefficient (Wildman–Crippen LogP) is 2.20. The quantitative estimate of drug-likeness (QED) is 0.628. The van der Waals surface area contributed by atoms with Crippen LogP contribution in [0.2, 0.25) is 5.02 Å². The summed E-state index contributed by atoms with van der Waals surface area (Å²) in [7, 11) is 0. The minimum Gasteiger partial charge on any atom is -0.368 e. The summed E-state index contributed by atoms with van der Waals surface area (Å²) in [5.41, 5.74) is 13.5. The Morgan fingerprint density at radius 2 is 1.65 bits per heavy atom. The lowest BCUT2D eigenvalue weighted by molar-refractivity contribution is -0.127. The number of halogens is 1. The Kier molecular flexibility index (Phi) is 7.63. The second-order valence-corrected chi connectivity index (χ2v) is 6.78. The molecule has 0 saturated heterocycles. The van der Waals surface area contributed by atoms with Gasteiger partial charge in [-0.2, -0.15) is 0 Å². The Bertz CT molecular complexity index is 720.